The van der Waals surface area contributed by atoms with Gasteiger partial charge in [0, 0.05) is 12.5 Å². The van der Waals surface area contributed by atoms with E-state index in [0.29, 0.717) is 25.3 Å². The highest BCUT2D eigenvalue weighted by Crippen LogP contribution is 2.74. The quantitative estimate of drug-likeness (QED) is 0.196. The highest BCUT2D eigenvalue weighted by molar-refractivity contribution is 5.95. The first-order valence-corrected chi connectivity index (χ1v) is 17.6. The van der Waals surface area contributed by atoms with E-state index >= 15 is 0 Å². The molecular formula is C37H57NO5. The number of fused-ring (bicyclic) bond motifs is 5. The van der Waals surface area contributed by atoms with Crippen molar-refractivity contribution in [1.82, 2.24) is 0 Å². The van der Waals surface area contributed by atoms with Crippen LogP contribution in [0.4, 0.5) is 0 Å². The molecule has 6 nitrogen and oxygen atoms in total. The van der Waals surface area contributed by atoms with Gasteiger partial charge in [0.2, 0.25) is 0 Å². The van der Waals surface area contributed by atoms with Crippen molar-refractivity contribution in [1.29, 1.82) is 0 Å². The van der Waals surface area contributed by atoms with Crippen molar-refractivity contribution < 1.29 is 24.5 Å². The van der Waals surface area contributed by atoms with Gasteiger partial charge in [-0.1, -0.05) is 31.9 Å². The number of rotatable bonds is 4. The Labute approximate surface area is 259 Å². The second-order valence-corrected chi connectivity index (χ2v) is 16.2. The van der Waals surface area contributed by atoms with E-state index in [-0.39, 0.29) is 57.8 Å². The zero-order valence-corrected chi connectivity index (χ0v) is 27.4. The molecule has 0 aromatic carbocycles. The van der Waals surface area contributed by atoms with Crippen LogP contribution in [0.2, 0.25) is 0 Å². The molecule has 6 aliphatic carbocycles. The summed E-state index contributed by atoms with van der Waals surface area (Å²) in [6.45, 7) is 10.6. The largest absolute Gasteiger partial charge is 0.458 e. The molecular weight excluding hydrogens is 538 g/mol. The normalized spacial score (nSPS) is 47.4. The fourth-order valence-corrected chi connectivity index (χ4v) is 12.6. The fourth-order valence-electron chi connectivity index (χ4n) is 12.6. The molecule has 0 aromatic rings. The molecule has 0 saturated heterocycles. The Balaban J connectivity index is 1.47. The molecule has 0 bridgehead atoms. The number of Topliss-reactive ketones (excluding diaryl/α,β-unsaturated/α-hetero) is 1. The molecule has 0 radical (unpaired) electrons. The number of ether oxygens (including phenoxy) is 1. The Hall–Kier alpha value is -1.50. The summed E-state index contributed by atoms with van der Waals surface area (Å²) in [5, 5.41) is 23.1. The third kappa shape index (κ3) is 4.74. The molecule has 0 heterocycles. The van der Waals surface area contributed by atoms with Gasteiger partial charge in [0.25, 0.3) is 0 Å². The van der Waals surface area contributed by atoms with E-state index in [1.54, 1.807) is 18.1 Å². The SMILES string of the molecule is CC(=O)O[C@H]1C[C@@]2(C)[C@@H](C[C@@H](O)[C@H]3[C@@]4(C)CC[C@@H](O)[C@@H](C)[C@@H]4CC[C@@]32CN)/C1=C(/C(C)=O)C1CCCC(=C2CCCC2)C1. The summed E-state index contributed by atoms with van der Waals surface area (Å²) in [6, 6.07) is 0. The van der Waals surface area contributed by atoms with E-state index in [0.717, 1.165) is 62.5 Å². The maximum atomic E-state index is 13.8. The average Bonchev–Trinajstić information content (AvgIpc) is 3.58. The van der Waals surface area contributed by atoms with Crippen LogP contribution in [0.5, 0.6) is 0 Å². The highest BCUT2D eigenvalue weighted by atomic mass is 16.5. The minimum atomic E-state index is -0.557. The molecule has 0 amide bonds. The summed E-state index contributed by atoms with van der Waals surface area (Å²) >= 11 is 0. The van der Waals surface area contributed by atoms with Gasteiger partial charge in [-0.25, -0.2) is 0 Å². The van der Waals surface area contributed by atoms with Gasteiger partial charge in [-0.2, -0.15) is 0 Å². The molecule has 0 spiro atoms. The smallest absolute Gasteiger partial charge is 0.303 e. The molecule has 4 N–H and O–H groups in total. The van der Waals surface area contributed by atoms with Gasteiger partial charge in [-0.05, 0) is 155 Å². The Morgan fingerprint density at radius 2 is 1.65 bits per heavy atom. The Kier molecular flexibility index (Phi) is 8.34. The molecule has 6 heteroatoms. The summed E-state index contributed by atoms with van der Waals surface area (Å²) in [4.78, 5) is 26.4. The second-order valence-electron chi connectivity index (χ2n) is 16.2. The first-order valence-electron chi connectivity index (χ1n) is 17.6. The van der Waals surface area contributed by atoms with Crippen LogP contribution >= 0.6 is 0 Å². The van der Waals surface area contributed by atoms with Crippen LogP contribution in [0.25, 0.3) is 0 Å². The number of carbonyl (C=O) groups is 2. The fraction of sp³-hybridized carbons (Fsp3) is 0.838. The van der Waals surface area contributed by atoms with Crippen LogP contribution in [-0.4, -0.2) is 46.8 Å². The third-order valence-corrected chi connectivity index (χ3v) is 14.4. The number of carbonyl (C=O) groups excluding carboxylic acids is 2. The lowest BCUT2D eigenvalue weighted by molar-refractivity contribution is -0.237. The van der Waals surface area contributed by atoms with E-state index in [4.69, 9.17) is 10.5 Å². The first-order chi connectivity index (χ1) is 20.4. The number of allylic oxidation sites excluding steroid dienone is 3. The van der Waals surface area contributed by atoms with E-state index in [1.165, 1.54) is 32.6 Å². The van der Waals surface area contributed by atoms with Gasteiger partial charge >= 0.3 is 5.97 Å². The molecule has 0 aromatic heterocycles. The summed E-state index contributed by atoms with van der Waals surface area (Å²) in [6.07, 6.45) is 12.6. The van der Waals surface area contributed by atoms with Crippen LogP contribution in [0.3, 0.4) is 0 Å². The molecule has 6 saturated carbocycles. The number of nitrogens with two attached hydrogens (primary N) is 1. The number of hydrogen-bond donors (Lipinski definition) is 3. The van der Waals surface area contributed by atoms with Crippen molar-refractivity contribution in [2.24, 2.45) is 51.6 Å². The molecule has 43 heavy (non-hydrogen) atoms. The van der Waals surface area contributed by atoms with Crippen LogP contribution in [0.1, 0.15) is 125 Å². The molecule has 6 rings (SSSR count). The minimum Gasteiger partial charge on any atom is -0.458 e. The molecule has 11 atom stereocenters. The van der Waals surface area contributed by atoms with Crippen LogP contribution < -0.4 is 5.73 Å². The molecule has 6 aliphatic rings. The monoisotopic (exact) mass is 595 g/mol. The van der Waals surface area contributed by atoms with E-state index < -0.39 is 12.2 Å². The van der Waals surface area contributed by atoms with Gasteiger partial charge < -0.3 is 20.7 Å². The van der Waals surface area contributed by atoms with Gasteiger partial charge in [-0.15, -0.1) is 0 Å². The van der Waals surface area contributed by atoms with Crippen molar-refractivity contribution in [2.45, 2.75) is 143 Å². The van der Waals surface area contributed by atoms with Gasteiger partial charge in [0.1, 0.15) is 6.10 Å². The first kappa shape index (κ1) is 31.5. The Morgan fingerprint density at radius 1 is 0.953 bits per heavy atom. The van der Waals surface area contributed by atoms with Crippen molar-refractivity contribution in [3.63, 3.8) is 0 Å². The second kappa shape index (κ2) is 11.4. The zero-order chi connectivity index (χ0) is 30.9. The standard InChI is InChI=1S/C37H57NO5/c1-21-27-13-16-37(20-38)34(35(27,4)15-14-29(21)41)30(42)18-28-33(31(43-23(3)40)19-36(28,37)5)32(22(2)39)26-12-8-11-25(17-26)24-9-6-7-10-24/h21,26-31,34,41-42H,6-20,38H2,1-5H3/b33-32+/t21-,26?,27-,28-,29+,30+,31-,34-,35-,36-,37+/m0/s1. The molecule has 1 unspecified atom stereocenters. The summed E-state index contributed by atoms with van der Waals surface area (Å²) in [5.41, 5.74) is 11.2. The molecule has 6 fully saturated rings. The Bertz CT molecular complexity index is 1200. The van der Waals surface area contributed by atoms with Crippen LogP contribution in [0, 0.1) is 45.8 Å². The lowest BCUT2D eigenvalue weighted by Gasteiger charge is -2.69. The van der Waals surface area contributed by atoms with Crippen molar-refractivity contribution >= 4 is 11.8 Å². The van der Waals surface area contributed by atoms with E-state index in [2.05, 4.69) is 20.8 Å². The zero-order valence-electron chi connectivity index (χ0n) is 27.4. The van der Waals surface area contributed by atoms with Crippen LogP contribution in [0.15, 0.2) is 22.3 Å². The lowest BCUT2D eigenvalue weighted by atomic mass is 9.36. The minimum absolute atomic E-state index is 0.00596. The summed E-state index contributed by atoms with van der Waals surface area (Å²) in [7, 11) is 0. The molecule has 0 aliphatic heterocycles. The predicted molar refractivity (Wildman–Crippen MR) is 168 cm³/mol. The van der Waals surface area contributed by atoms with E-state index in [1.807, 2.05) is 0 Å². The average molecular weight is 596 g/mol. The summed E-state index contributed by atoms with van der Waals surface area (Å²) in [5.74, 6) is 0.418. The predicted octanol–water partition coefficient (Wildman–Crippen LogP) is 6.42. The number of ketones is 1. The van der Waals surface area contributed by atoms with Crippen LogP contribution in [-0.2, 0) is 14.3 Å². The third-order valence-electron chi connectivity index (χ3n) is 14.4. The van der Waals surface area contributed by atoms with Crippen molar-refractivity contribution in [3.05, 3.63) is 22.3 Å². The molecule has 240 valence electrons. The number of esters is 1. The number of aliphatic hydroxyl groups is 2. The maximum absolute atomic E-state index is 13.8. The van der Waals surface area contributed by atoms with Gasteiger partial charge in [0.05, 0.1) is 12.2 Å². The van der Waals surface area contributed by atoms with Gasteiger partial charge in [0.15, 0.2) is 5.78 Å². The summed E-state index contributed by atoms with van der Waals surface area (Å²) < 4.78 is 6.18. The lowest BCUT2D eigenvalue weighted by Crippen LogP contribution is -2.68. The number of aliphatic hydroxyl groups excluding tert-OH is 2. The number of hydrogen-bond acceptors (Lipinski definition) is 6. The Morgan fingerprint density at radius 3 is 2.30 bits per heavy atom. The van der Waals surface area contributed by atoms with Crippen molar-refractivity contribution in [2.75, 3.05) is 6.54 Å². The maximum Gasteiger partial charge on any atom is 0.303 e. The topological polar surface area (TPSA) is 110 Å². The van der Waals surface area contributed by atoms with Gasteiger partial charge in [-0.3, -0.25) is 9.59 Å². The van der Waals surface area contributed by atoms with Crippen molar-refractivity contribution in [3.8, 4) is 0 Å². The highest BCUT2D eigenvalue weighted by Gasteiger charge is 2.72. The van der Waals surface area contributed by atoms with E-state index in [9.17, 15) is 19.8 Å².